The predicted octanol–water partition coefficient (Wildman–Crippen LogP) is 5.08. The first kappa shape index (κ1) is 24.5. The number of methoxy groups -OCH3 is 2. The van der Waals surface area contributed by atoms with E-state index in [-0.39, 0.29) is 6.01 Å². The smallest absolute Gasteiger partial charge is 0.336 e. The number of halogens is 1. The Bertz CT molecular complexity index is 1410. The molecule has 37 heavy (non-hydrogen) atoms. The van der Waals surface area contributed by atoms with Crippen LogP contribution in [0.5, 0.6) is 17.5 Å². The second-order valence-electron chi connectivity index (χ2n) is 8.24. The molecule has 0 amide bonds. The normalized spacial score (nSPS) is 10.9. The molecule has 0 unspecified atom stereocenters. The lowest BCUT2D eigenvalue weighted by Gasteiger charge is -2.25. The fourth-order valence-electron chi connectivity index (χ4n) is 3.83. The van der Waals surface area contributed by atoms with E-state index in [1.54, 1.807) is 37.3 Å². The maximum atomic E-state index is 5.98. The highest BCUT2D eigenvalue weighted by Crippen LogP contribution is 2.27. The van der Waals surface area contributed by atoms with Crippen molar-refractivity contribution in [2.45, 2.75) is 19.7 Å². The van der Waals surface area contributed by atoms with Crippen LogP contribution < -0.4 is 19.1 Å². The average Bonchev–Trinajstić information content (AvgIpc) is 3.33. The number of hydrogen-bond donors (Lipinski definition) is 0. The van der Waals surface area contributed by atoms with E-state index in [4.69, 9.17) is 19.2 Å². The summed E-state index contributed by atoms with van der Waals surface area (Å²) in [5, 5.41) is 4.55. The SMILES string of the molecule is COc1ccc(CN(Cc2ccc(OC)cc2)c2nc(OCc3cccnc3)nn3c(Br)cnc23)cc1. The van der Waals surface area contributed by atoms with Gasteiger partial charge in [-0.1, -0.05) is 30.3 Å². The highest BCUT2D eigenvalue weighted by atomic mass is 79.9. The predicted molar refractivity (Wildman–Crippen MR) is 143 cm³/mol. The molecule has 0 aliphatic rings. The maximum Gasteiger partial charge on any atom is 0.336 e. The summed E-state index contributed by atoms with van der Waals surface area (Å²) in [5.41, 5.74) is 3.72. The quantitative estimate of drug-likeness (QED) is 0.233. The average molecular weight is 561 g/mol. The van der Waals surface area contributed by atoms with Gasteiger partial charge in [-0.25, -0.2) is 4.98 Å². The highest BCUT2D eigenvalue weighted by molar-refractivity contribution is 9.10. The Labute approximate surface area is 222 Å². The van der Waals surface area contributed by atoms with E-state index in [0.717, 1.165) is 28.2 Å². The summed E-state index contributed by atoms with van der Waals surface area (Å²) < 4.78 is 19.0. The van der Waals surface area contributed by atoms with Gasteiger partial charge in [0.25, 0.3) is 0 Å². The third-order valence-electron chi connectivity index (χ3n) is 5.74. The number of aromatic nitrogens is 5. The fourth-order valence-corrected chi connectivity index (χ4v) is 4.18. The number of anilines is 1. The summed E-state index contributed by atoms with van der Waals surface area (Å²) in [6.07, 6.45) is 5.19. The maximum absolute atomic E-state index is 5.98. The molecule has 3 heterocycles. The Morgan fingerprint density at radius 2 is 1.49 bits per heavy atom. The molecule has 3 aromatic heterocycles. The van der Waals surface area contributed by atoms with Gasteiger partial charge in [-0.2, -0.15) is 9.50 Å². The van der Waals surface area contributed by atoms with Crippen LogP contribution in [0, 0.1) is 0 Å². The largest absolute Gasteiger partial charge is 0.497 e. The summed E-state index contributed by atoms with van der Waals surface area (Å²) >= 11 is 3.54. The second-order valence-corrected chi connectivity index (χ2v) is 9.05. The van der Waals surface area contributed by atoms with Crippen LogP contribution in [-0.4, -0.2) is 38.8 Å². The van der Waals surface area contributed by atoms with Crippen LogP contribution in [0.15, 0.2) is 83.9 Å². The first-order valence-corrected chi connectivity index (χ1v) is 12.4. The molecule has 0 N–H and O–H groups in total. The van der Waals surface area contributed by atoms with Crippen LogP contribution in [0.3, 0.4) is 0 Å². The van der Waals surface area contributed by atoms with E-state index in [2.05, 4.69) is 35.9 Å². The molecule has 0 aliphatic heterocycles. The number of imidazole rings is 1. The molecule has 0 atom stereocenters. The molecule has 0 radical (unpaired) electrons. The molecule has 0 fully saturated rings. The van der Waals surface area contributed by atoms with Gasteiger partial charge in [0, 0.05) is 31.0 Å². The zero-order valence-corrected chi connectivity index (χ0v) is 22.0. The van der Waals surface area contributed by atoms with Gasteiger partial charge in [-0.15, -0.1) is 5.10 Å². The van der Waals surface area contributed by atoms with Crippen molar-refractivity contribution in [1.29, 1.82) is 0 Å². The summed E-state index contributed by atoms with van der Waals surface area (Å²) in [7, 11) is 3.32. The Morgan fingerprint density at radius 3 is 2.05 bits per heavy atom. The lowest BCUT2D eigenvalue weighted by atomic mass is 10.1. The number of nitrogens with zero attached hydrogens (tertiary/aromatic N) is 6. The molecule has 0 aliphatic carbocycles. The third kappa shape index (κ3) is 5.80. The molecule has 2 aromatic carbocycles. The van der Waals surface area contributed by atoms with Gasteiger partial charge in [-0.3, -0.25) is 4.98 Å². The van der Waals surface area contributed by atoms with E-state index in [1.165, 1.54) is 0 Å². The summed E-state index contributed by atoms with van der Waals surface area (Å²) in [5.74, 6) is 2.25. The second kappa shape index (κ2) is 11.3. The van der Waals surface area contributed by atoms with Gasteiger partial charge < -0.3 is 19.1 Å². The Kier molecular flexibility index (Phi) is 7.46. The zero-order valence-electron chi connectivity index (χ0n) is 20.4. The van der Waals surface area contributed by atoms with Crippen molar-refractivity contribution in [1.82, 2.24) is 24.6 Å². The minimum atomic E-state index is 0.236. The van der Waals surface area contributed by atoms with Gasteiger partial charge in [-0.05, 0) is 57.4 Å². The standard InChI is InChI=1S/C27H25BrN6O3/c1-35-22-9-5-19(6-10-22)16-33(17-20-7-11-23(36-2)12-8-20)26-25-30-15-24(28)34(25)32-27(31-26)37-18-21-4-3-13-29-14-21/h3-15H,16-18H2,1-2H3. The molecule has 0 saturated heterocycles. The molecule has 10 heteroatoms. The van der Waals surface area contributed by atoms with Gasteiger partial charge in [0.2, 0.25) is 0 Å². The van der Waals surface area contributed by atoms with Crippen LogP contribution in [0.1, 0.15) is 16.7 Å². The van der Waals surface area contributed by atoms with E-state index < -0.39 is 0 Å². The first-order valence-electron chi connectivity index (χ1n) is 11.6. The monoisotopic (exact) mass is 560 g/mol. The van der Waals surface area contributed by atoms with Gasteiger partial charge in [0.15, 0.2) is 11.5 Å². The molecule has 5 aromatic rings. The fraction of sp³-hybridized carbons (Fsp3) is 0.185. The number of fused-ring (bicyclic) bond motifs is 1. The van der Waals surface area contributed by atoms with Crippen molar-refractivity contribution >= 4 is 27.4 Å². The lowest BCUT2D eigenvalue weighted by Crippen LogP contribution is -2.25. The topological polar surface area (TPSA) is 86.9 Å². The third-order valence-corrected chi connectivity index (χ3v) is 6.28. The van der Waals surface area contributed by atoms with E-state index >= 15 is 0 Å². The zero-order chi connectivity index (χ0) is 25.6. The molecule has 9 nitrogen and oxygen atoms in total. The Balaban J connectivity index is 1.52. The van der Waals surface area contributed by atoms with E-state index in [0.29, 0.717) is 35.8 Å². The molecule has 0 bridgehead atoms. The summed E-state index contributed by atoms with van der Waals surface area (Å²) in [4.78, 5) is 15.7. The van der Waals surface area contributed by atoms with Crippen LogP contribution >= 0.6 is 15.9 Å². The van der Waals surface area contributed by atoms with Crippen molar-refractivity contribution in [3.63, 3.8) is 0 Å². The lowest BCUT2D eigenvalue weighted by molar-refractivity contribution is 0.275. The summed E-state index contributed by atoms with van der Waals surface area (Å²) in [6.45, 7) is 1.45. The van der Waals surface area contributed by atoms with Crippen LogP contribution in [-0.2, 0) is 19.7 Å². The van der Waals surface area contributed by atoms with Crippen molar-refractivity contribution in [3.8, 4) is 17.5 Å². The molecular formula is C27H25BrN6O3. The van der Waals surface area contributed by atoms with Crippen LogP contribution in [0.4, 0.5) is 5.82 Å². The molecule has 188 valence electrons. The Morgan fingerprint density at radius 1 is 0.838 bits per heavy atom. The van der Waals surface area contributed by atoms with Crippen molar-refractivity contribution in [2.75, 3.05) is 19.1 Å². The number of benzene rings is 2. The van der Waals surface area contributed by atoms with E-state index in [9.17, 15) is 0 Å². The Hall–Kier alpha value is -4.18. The summed E-state index contributed by atoms with van der Waals surface area (Å²) in [6, 6.07) is 20.0. The van der Waals surface area contributed by atoms with Crippen LogP contribution in [0.25, 0.3) is 5.65 Å². The van der Waals surface area contributed by atoms with Crippen molar-refractivity contribution < 1.29 is 14.2 Å². The van der Waals surface area contributed by atoms with Crippen LogP contribution in [0.2, 0.25) is 0 Å². The van der Waals surface area contributed by atoms with Gasteiger partial charge >= 0.3 is 6.01 Å². The minimum absolute atomic E-state index is 0.236. The minimum Gasteiger partial charge on any atom is -0.497 e. The number of rotatable bonds is 10. The number of hydrogen-bond acceptors (Lipinski definition) is 8. The van der Waals surface area contributed by atoms with Gasteiger partial charge in [0.05, 0.1) is 20.4 Å². The molecule has 5 rings (SSSR count). The number of ether oxygens (including phenoxy) is 3. The number of pyridine rings is 1. The molecule has 0 saturated carbocycles. The van der Waals surface area contributed by atoms with Crippen molar-refractivity contribution in [2.24, 2.45) is 0 Å². The molecule has 0 spiro atoms. The molecular weight excluding hydrogens is 536 g/mol. The van der Waals surface area contributed by atoms with E-state index in [1.807, 2.05) is 60.7 Å². The first-order chi connectivity index (χ1) is 18.1. The highest BCUT2D eigenvalue weighted by Gasteiger charge is 2.20. The van der Waals surface area contributed by atoms with Crippen molar-refractivity contribution in [3.05, 3.63) is 101 Å². The van der Waals surface area contributed by atoms with Gasteiger partial charge in [0.1, 0.15) is 22.7 Å².